The molecule has 1 atom stereocenters. The number of nitrogens with zero attached hydrogens (tertiary/aromatic N) is 1. The van der Waals surface area contributed by atoms with Crippen molar-refractivity contribution in [2.45, 2.75) is 12.8 Å². The number of halogens is 1. The van der Waals surface area contributed by atoms with Gasteiger partial charge in [0.15, 0.2) is 0 Å². The molecule has 1 aliphatic carbocycles. The third-order valence-electron chi connectivity index (χ3n) is 5.02. The van der Waals surface area contributed by atoms with Gasteiger partial charge in [0.25, 0.3) is 5.91 Å². The Morgan fingerprint density at radius 2 is 2.16 bits per heavy atom. The van der Waals surface area contributed by atoms with Gasteiger partial charge in [-0.1, -0.05) is 43.0 Å². The van der Waals surface area contributed by atoms with Gasteiger partial charge in [0.05, 0.1) is 11.4 Å². The lowest BCUT2D eigenvalue weighted by Crippen LogP contribution is -2.17. The van der Waals surface area contributed by atoms with Crippen molar-refractivity contribution in [1.29, 1.82) is 0 Å². The smallest absolute Gasteiger partial charge is 0.255 e. The number of pyridine rings is 1. The topological polar surface area (TPSA) is 77.2 Å². The summed E-state index contributed by atoms with van der Waals surface area (Å²) in [6.07, 6.45) is 9.98. The standard InChI is InChI=1S/C25H27FN3O2P/c1-17(31-12-10-26)13-18-3-2-4-20(14-18)22-8-7-19(5-6-21(22)15-27)25(30)29-23-9-11-28-16-24(23)32/h2-7,9,11,14,16H,1,8,10,12-13,15,27,32H2,(H,28,29,30). The normalized spacial score (nSPS) is 13.4. The van der Waals surface area contributed by atoms with Crippen LogP contribution < -0.4 is 16.4 Å². The Labute approximate surface area is 190 Å². The average molecular weight is 451 g/mol. The van der Waals surface area contributed by atoms with Crippen LogP contribution in [0.3, 0.4) is 0 Å². The van der Waals surface area contributed by atoms with E-state index >= 15 is 0 Å². The first kappa shape index (κ1) is 23.6. The second-order valence-corrected chi connectivity index (χ2v) is 7.90. The molecule has 3 rings (SSSR count). The van der Waals surface area contributed by atoms with Crippen LogP contribution in [0.4, 0.5) is 10.1 Å². The SMILES string of the molecule is C=C(Cc1cccc(C2=C(CN)C=CC(C(=O)Nc3ccncc3P)=CC2)c1)OCCF. The van der Waals surface area contributed by atoms with Gasteiger partial charge in [0.2, 0.25) is 0 Å². The summed E-state index contributed by atoms with van der Waals surface area (Å²) in [5.41, 5.74) is 11.3. The summed E-state index contributed by atoms with van der Waals surface area (Å²) in [6.45, 7) is 3.68. The number of amides is 1. The van der Waals surface area contributed by atoms with Gasteiger partial charge in [-0.15, -0.1) is 9.24 Å². The van der Waals surface area contributed by atoms with Gasteiger partial charge in [-0.05, 0) is 40.8 Å². The van der Waals surface area contributed by atoms with E-state index in [-0.39, 0.29) is 12.5 Å². The zero-order chi connectivity index (χ0) is 22.9. The molecular weight excluding hydrogens is 424 g/mol. The molecule has 166 valence electrons. The van der Waals surface area contributed by atoms with Crippen LogP contribution in [0.15, 0.2) is 84.4 Å². The first-order chi connectivity index (χ1) is 15.5. The Balaban J connectivity index is 1.79. The summed E-state index contributed by atoms with van der Waals surface area (Å²) in [7, 11) is 2.56. The van der Waals surface area contributed by atoms with Crippen LogP contribution in [0.1, 0.15) is 17.5 Å². The number of hydrogen-bond donors (Lipinski definition) is 2. The minimum absolute atomic E-state index is 0.0130. The number of rotatable bonds is 9. The molecule has 0 aliphatic heterocycles. The van der Waals surface area contributed by atoms with E-state index < -0.39 is 6.67 Å². The maximum Gasteiger partial charge on any atom is 0.255 e. The molecule has 0 fully saturated rings. The number of carbonyl (C=O) groups excluding carboxylic acids is 1. The molecule has 3 N–H and O–H groups in total. The summed E-state index contributed by atoms with van der Waals surface area (Å²) >= 11 is 0. The zero-order valence-electron chi connectivity index (χ0n) is 17.8. The second kappa shape index (κ2) is 11.5. The van der Waals surface area contributed by atoms with Gasteiger partial charge < -0.3 is 15.8 Å². The van der Waals surface area contributed by atoms with Crippen LogP contribution in [0.5, 0.6) is 0 Å². The highest BCUT2D eigenvalue weighted by atomic mass is 31.0. The maximum atomic E-state index is 12.8. The van der Waals surface area contributed by atoms with E-state index in [1.807, 2.05) is 30.4 Å². The van der Waals surface area contributed by atoms with Crippen molar-refractivity contribution in [3.8, 4) is 0 Å². The maximum absolute atomic E-state index is 12.8. The van der Waals surface area contributed by atoms with Gasteiger partial charge in [0.1, 0.15) is 13.3 Å². The highest BCUT2D eigenvalue weighted by Crippen LogP contribution is 2.28. The summed E-state index contributed by atoms with van der Waals surface area (Å²) in [5, 5.41) is 3.74. The minimum Gasteiger partial charge on any atom is -0.495 e. The molecular formula is C25H27FN3O2P. The summed E-state index contributed by atoms with van der Waals surface area (Å²) in [4.78, 5) is 16.8. The van der Waals surface area contributed by atoms with Crippen molar-refractivity contribution in [1.82, 2.24) is 4.98 Å². The number of ether oxygens (including phenoxy) is 1. The Hall–Kier alpha value is -3.08. The molecule has 1 amide bonds. The van der Waals surface area contributed by atoms with E-state index in [0.29, 0.717) is 36.4 Å². The van der Waals surface area contributed by atoms with E-state index in [1.165, 1.54) is 0 Å². The van der Waals surface area contributed by atoms with Crippen LogP contribution in [0.2, 0.25) is 0 Å². The molecule has 1 aliphatic rings. The molecule has 0 spiro atoms. The number of aromatic nitrogens is 1. The number of nitrogens with two attached hydrogens (primary N) is 1. The van der Waals surface area contributed by atoms with Crippen LogP contribution in [0, 0.1) is 0 Å². The zero-order valence-corrected chi connectivity index (χ0v) is 19.0. The summed E-state index contributed by atoms with van der Waals surface area (Å²) in [5.74, 6) is 0.334. The van der Waals surface area contributed by atoms with Gasteiger partial charge in [-0.25, -0.2) is 4.39 Å². The molecule has 1 aromatic heterocycles. The van der Waals surface area contributed by atoms with Crippen LogP contribution in [-0.2, 0) is 16.0 Å². The van der Waals surface area contributed by atoms with Gasteiger partial charge in [-0.3, -0.25) is 9.78 Å². The van der Waals surface area contributed by atoms with Gasteiger partial charge in [0, 0.05) is 36.2 Å². The third-order valence-corrected chi connectivity index (χ3v) is 5.48. The Bertz CT molecular complexity index is 1090. The van der Waals surface area contributed by atoms with E-state index in [4.69, 9.17) is 10.5 Å². The van der Waals surface area contributed by atoms with E-state index in [1.54, 1.807) is 24.5 Å². The highest BCUT2D eigenvalue weighted by Gasteiger charge is 2.15. The largest absolute Gasteiger partial charge is 0.495 e. The molecule has 1 heterocycles. The van der Waals surface area contributed by atoms with Crippen molar-refractivity contribution < 1.29 is 13.9 Å². The molecule has 1 unspecified atom stereocenters. The molecule has 0 saturated carbocycles. The molecule has 0 saturated heterocycles. The summed E-state index contributed by atoms with van der Waals surface area (Å²) < 4.78 is 17.6. The summed E-state index contributed by atoms with van der Waals surface area (Å²) in [6, 6.07) is 9.77. The lowest BCUT2D eigenvalue weighted by Gasteiger charge is -2.12. The van der Waals surface area contributed by atoms with Crippen molar-refractivity contribution in [2.24, 2.45) is 5.73 Å². The quantitative estimate of drug-likeness (QED) is 0.448. The van der Waals surface area contributed by atoms with E-state index in [0.717, 1.165) is 27.6 Å². The molecule has 0 bridgehead atoms. The van der Waals surface area contributed by atoms with Gasteiger partial charge in [-0.2, -0.15) is 0 Å². The molecule has 5 nitrogen and oxygen atoms in total. The Morgan fingerprint density at radius 3 is 2.91 bits per heavy atom. The lowest BCUT2D eigenvalue weighted by molar-refractivity contribution is -0.112. The van der Waals surface area contributed by atoms with Crippen LogP contribution in [0.25, 0.3) is 5.57 Å². The molecule has 7 heteroatoms. The van der Waals surface area contributed by atoms with Crippen molar-refractivity contribution in [3.63, 3.8) is 0 Å². The van der Waals surface area contributed by atoms with E-state index in [9.17, 15) is 9.18 Å². The lowest BCUT2D eigenvalue weighted by atomic mass is 9.95. The first-order valence-electron chi connectivity index (χ1n) is 10.3. The highest BCUT2D eigenvalue weighted by molar-refractivity contribution is 7.28. The molecule has 1 aromatic carbocycles. The number of hydrogen-bond acceptors (Lipinski definition) is 4. The van der Waals surface area contributed by atoms with Crippen LogP contribution in [-0.4, -0.2) is 30.7 Å². The minimum atomic E-state index is -0.542. The van der Waals surface area contributed by atoms with Gasteiger partial charge >= 0.3 is 0 Å². The average Bonchev–Trinajstić information content (AvgIpc) is 3.02. The number of anilines is 1. The third kappa shape index (κ3) is 6.22. The number of allylic oxidation sites excluding steroid dienone is 3. The number of carbonyl (C=O) groups is 1. The Morgan fingerprint density at radius 1 is 1.31 bits per heavy atom. The fourth-order valence-electron chi connectivity index (χ4n) is 3.41. The Kier molecular flexibility index (Phi) is 8.48. The second-order valence-electron chi connectivity index (χ2n) is 7.28. The fraction of sp³-hybridized carbons (Fsp3) is 0.200. The number of benzene rings is 1. The number of nitrogens with one attached hydrogen (secondary N) is 1. The van der Waals surface area contributed by atoms with Crippen molar-refractivity contribution in [2.75, 3.05) is 25.1 Å². The van der Waals surface area contributed by atoms with Crippen LogP contribution >= 0.6 is 9.24 Å². The molecule has 32 heavy (non-hydrogen) atoms. The first-order valence-corrected chi connectivity index (χ1v) is 10.9. The molecule has 2 aromatic rings. The van der Waals surface area contributed by atoms with Crippen molar-refractivity contribution >= 4 is 31.7 Å². The fourth-order valence-corrected chi connectivity index (χ4v) is 3.67. The molecule has 0 radical (unpaired) electrons. The number of alkyl halides is 1. The predicted octanol–water partition coefficient (Wildman–Crippen LogP) is 3.86. The predicted molar refractivity (Wildman–Crippen MR) is 131 cm³/mol. The van der Waals surface area contributed by atoms with E-state index in [2.05, 4.69) is 32.2 Å². The van der Waals surface area contributed by atoms with Crippen molar-refractivity contribution in [3.05, 3.63) is 95.6 Å². The monoisotopic (exact) mass is 451 g/mol.